The molecule has 1 saturated heterocycles. The fraction of sp³-hybridized carbons (Fsp3) is 0.500. The van der Waals surface area contributed by atoms with Gasteiger partial charge in [-0.1, -0.05) is 0 Å². The summed E-state index contributed by atoms with van der Waals surface area (Å²) < 4.78 is 40.0. The Morgan fingerprint density at radius 1 is 1.24 bits per heavy atom. The number of halogens is 3. The van der Waals surface area contributed by atoms with Crippen molar-refractivity contribution in [3.8, 4) is 5.75 Å². The number of carbonyl (C=O) groups is 1. The fourth-order valence-electron chi connectivity index (χ4n) is 2.38. The second kappa shape index (κ2) is 5.55. The molecule has 1 aliphatic rings. The zero-order valence-corrected chi connectivity index (χ0v) is 11.5. The highest BCUT2D eigenvalue weighted by Crippen LogP contribution is 2.28. The summed E-state index contributed by atoms with van der Waals surface area (Å²) in [5.74, 6) is -7.02. The summed E-state index contributed by atoms with van der Waals surface area (Å²) in [6.45, 7) is 2.09. The molecular formula is C14H16F3NO3. The van der Waals surface area contributed by atoms with Crippen molar-refractivity contribution in [2.75, 3.05) is 13.1 Å². The number of amides is 1. The Morgan fingerprint density at radius 2 is 1.90 bits per heavy atom. The van der Waals surface area contributed by atoms with Crippen LogP contribution in [0.5, 0.6) is 5.75 Å². The number of hydrogen-bond acceptors (Lipinski definition) is 3. The van der Waals surface area contributed by atoms with E-state index < -0.39 is 40.3 Å². The van der Waals surface area contributed by atoms with E-state index >= 15 is 0 Å². The van der Waals surface area contributed by atoms with E-state index in [0.717, 1.165) is 0 Å². The zero-order chi connectivity index (χ0) is 15.8. The molecule has 21 heavy (non-hydrogen) atoms. The van der Waals surface area contributed by atoms with E-state index in [2.05, 4.69) is 0 Å². The van der Waals surface area contributed by atoms with Gasteiger partial charge < -0.3 is 15.1 Å². The van der Waals surface area contributed by atoms with Crippen LogP contribution in [-0.2, 0) is 0 Å². The third-order valence-electron chi connectivity index (χ3n) is 3.71. The minimum absolute atomic E-state index is 0.172. The molecule has 0 bridgehead atoms. The Bertz CT molecular complexity index is 575. The highest BCUT2D eigenvalue weighted by atomic mass is 19.2. The van der Waals surface area contributed by atoms with Crippen molar-refractivity contribution in [1.29, 1.82) is 0 Å². The molecule has 0 aromatic heterocycles. The fourth-order valence-corrected chi connectivity index (χ4v) is 2.38. The Morgan fingerprint density at radius 3 is 2.57 bits per heavy atom. The summed E-state index contributed by atoms with van der Waals surface area (Å²) in [5, 5.41) is 19.1. The van der Waals surface area contributed by atoms with Crippen molar-refractivity contribution in [2.45, 2.75) is 31.8 Å². The molecule has 1 unspecified atom stereocenters. The SMILES string of the molecule is CC1(O)CCCN(C(=O)c2cc(F)c(F)c(O)c2F)CC1. The van der Waals surface area contributed by atoms with Crippen LogP contribution in [0, 0.1) is 17.5 Å². The Hall–Kier alpha value is -1.76. The predicted molar refractivity (Wildman–Crippen MR) is 68.4 cm³/mol. The molecule has 1 aromatic carbocycles. The van der Waals surface area contributed by atoms with Crippen LogP contribution >= 0.6 is 0 Å². The summed E-state index contributed by atoms with van der Waals surface area (Å²) in [7, 11) is 0. The highest BCUT2D eigenvalue weighted by Gasteiger charge is 2.30. The van der Waals surface area contributed by atoms with Crippen LogP contribution in [0.25, 0.3) is 0 Å². The lowest BCUT2D eigenvalue weighted by Crippen LogP contribution is -2.34. The maximum atomic E-state index is 13.7. The molecule has 0 aliphatic carbocycles. The molecule has 116 valence electrons. The molecule has 1 atom stereocenters. The lowest BCUT2D eigenvalue weighted by atomic mass is 9.98. The van der Waals surface area contributed by atoms with Crippen LogP contribution in [0.3, 0.4) is 0 Å². The quantitative estimate of drug-likeness (QED) is 0.782. The largest absolute Gasteiger partial charge is 0.503 e. The van der Waals surface area contributed by atoms with Gasteiger partial charge in [0.1, 0.15) is 0 Å². The number of nitrogens with zero attached hydrogens (tertiary/aromatic N) is 1. The summed E-state index contributed by atoms with van der Waals surface area (Å²) >= 11 is 0. The smallest absolute Gasteiger partial charge is 0.257 e. The molecule has 2 N–H and O–H groups in total. The minimum Gasteiger partial charge on any atom is -0.503 e. The summed E-state index contributed by atoms with van der Waals surface area (Å²) in [4.78, 5) is 13.5. The third-order valence-corrected chi connectivity index (χ3v) is 3.71. The van der Waals surface area contributed by atoms with Gasteiger partial charge >= 0.3 is 0 Å². The van der Waals surface area contributed by atoms with Crippen LogP contribution < -0.4 is 0 Å². The molecule has 0 radical (unpaired) electrons. The number of hydrogen-bond donors (Lipinski definition) is 2. The number of likely N-dealkylation sites (tertiary alicyclic amines) is 1. The van der Waals surface area contributed by atoms with Crippen molar-refractivity contribution in [1.82, 2.24) is 4.90 Å². The zero-order valence-electron chi connectivity index (χ0n) is 11.5. The molecule has 2 rings (SSSR count). The normalized spacial score (nSPS) is 23.0. The van der Waals surface area contributed by atoms with Gasteiger partial charge in [0, 0.05) is 13.1 Å². The van der Waals surface area contributed by atoms with Crippen molar-refractivity contribution in [3.63, 3.8) is 0 Å². The van der Waals surface area contributed by atoms with Gasteiger partial charge in [-0.05, 0) is 32.3 Å². The second-order valence-corrected chi connectivity index (χ2v) is 5.53. The first-order valence-corrected chi connectivity index (χ1v) is 6.61. The van der Waals surface area contributed by atoms with Gasteiger partial charge in [0.15, 0.2) is 17.4 Å². The highest BCUT2D eigenvalue weighted by molar-refractivity contribution is 5.95. The molecule has 7 heteroatoms. The van der Waals surface area contributed by atoms with Gasteiger partial charge in [-0.3, -0.25) is 4.79 Å². The van der Waals surface area contributed by atoms with Gasteiger partial charge in [-0.2, -0.15) is 4.39 Å². The van der Waals surface area contributed by atoms with E-state index in [0.29, 0.717) is 25.3 Å². The lowest BCUT2D eigenvalue weighted by molar-refractivity contribution is 0.0437. The Balaban J connectivity index is 2.28. The number of phenolic OH excluding ortho intramolecular Hbond substituents is 1. The number of aromatic hydroxyl groups is 1. The number of benzene rings is 1. The van der Waals surface area contributed by atoms with Crippen molar-refractivity contribution in [3.05, 3.63) is 29.1 Å². The molecule has 1 fully saturated rings. The average Bonchev–Trinajstić information content (AvgIpc) is 2.60. The van der Waals surface area contributed by atoms with Crippen LogP contribution in [0.4, 0.5) is 13.2 Å². The predicted octanol–water partition coefficient (Wildman–Crippen LogP) is 2.19. The van der Waals surface area contributed by atoms with Crippen LogP contribution in [0.2, 0.25) is 0 Å². The Kier molecular flexibility index (Phi) is 4.13. The molecular weight excluding hydrogens is 287 g/mol. The number of rotatable bonds is 1. The summed E-state index contributed by atoms with van der Waals surface area (Å²) in [6, 6.07) is 0.440. The van der Waals surface area contributed by atoms with Crippen LogP contribution in [-0.4, -0.2) is 39.7 Å². The maximum absolute atomic E-state index is 13.7. The van der Waals surface area contributed by atoms with Crippen molar-refractivity contribution < 1.29 is 28.2 Å². The number of phenols is 1. The van der Waals surface area contributed by atoms with E-state index in [1.165, 1.54) is 4.90 Å². The average molecular weight is 303 g/mol. The van der Waals surface area contributed by atoms with E-state index in [4.69, 9.17) is 5.11 Å². The van der Waals surface area contributed by atoms with Gasteiger partial charge in [0.05, 0.1) is 11.2 Å². The first-order chi connectivity index (χ1) is 9.73. The topological polar surface area (TPSA) is 60.8 Å². The minimum atomic E-state index is -1.72. The van der Waals surface area contributed by atoms with Crippen molar-refractivity contribution >= 4 is 5.91 Å². The first kappa shape index (κ1) is 15.6. The van der Waals surface area contributed by atoms with Gasteiger partial charge in [0.2, 0.25) is 5.82 Å². The maximum Gasteiger partial charge on any atom is 0.257 e. The van der Waals surface area contributed by atoms with Gasteiger partial charge in [-0.15, -0.1) is 0 Å². The first-order valence-electron chi connectivity index (χ1n) is 6.61. The van der Waals surface area contributed by atoms with E-state index in [9.17, 15) is 23.1 Å². The summed E-state index contributed by atoms with van der Waals surface area (Å²) in [5.41, 5.74) is -1.63. The molecule has 1 heterocycles. The van der Waals surface area contributed by atoms with Crippen LogP contribution in [0.15, 0.2) is 6.07 Å². The van der Waals surface area contributed by atoms with Crippen LogP contribution in [0.1, 0.15) is 36.5 Å². The third kappa shape index (κ3) is 3.12. The summed E-state index contributed by atoms with van der Waals surface area (Å²) in [6.07, 6.45) is 1.30. The molecule has 0 spiro atoms. The number of aliphatic hydroxyl groups is 1. The molecule has 1 aromatic rings. The molecule has 0 saturated carbocycles. The number of carbonyl (C=O) groups excluding carboxylic acids is 1. The monoisotopic (exact) mass is 303 g/mol. The standard InChI is InChI=1S/C14H16F3NO3/c1-14(21)3-2-5-18(6-4-14)13(20)8-7-9(15)11(17)12(19)10(8)16/h7,19,21H,2-6H2,1H3. The molecule has 4 nitrogen and oxygen atoms in total. The second-order valence-electron chi connectivity index (χ2n) is 5.53. The van der Waals surface area contributed by atoms with E-state index in [1.807, 2.05) is 0 Å². The van der Waals surface area contributed by atoms with Gasteiger partial charge in [-0.25, -0.2) is 8.78 Å². The molecule has 1 amide bonds. The van der Waals surface area contributed by atoms with E-state index in [-0.39, 0.29) is 13.1 Å². The van der Waals surface area contributed by atoms with Crippen molar-refractivity contribution in [2.24, 2.45) is 0 Å². The molecule has 1 aliphatic heterocycles. The van der Waals surface area contributed by atoms with E-state index in [1.54, 1.807) is 6.92 Å². The van der Waals surface area contributed by atoms with Gasteiger partial charge in [0.25, 0.3) is 5.91 Å². The lowest BCUT2D eigenvalue weighted by Gasteiger charge is -2.23. The Labute approximate surface area is 119 Å².